The van der Waals surface area contributed by atoms with Crippen molar-refractivity contribution in [2.24, 2.45) is 5.73 Å². The lowest BCUT2D eigenvalue weighted by Crippen LogP contribution is -2.12. The number of hydrogen-bond acceptors (Lipinski definition) is 4. The second kappa shape index (κ2) is 8.20. The highest BCUT2D eigenvalue weighted by Gasteiger charge is 2.09. The third kappa shape index (κ3) is 8.47. The van der Waals surface area contributed by atoms with Crippen molar-refractivity contribution in [3.05, 3.63) is 0 Å². The van der Waals surface area contributed by atoms with E-state index in [4.69, 9.17) is 10.8 Å². The number of unbranched alkanes of at least 4 members (excludes halogenated alkanes) is 3. The summed E-state index contributed by atoms with van der Waals surface area (Å²) in [6.45, 7) is 0.702. The number of hydrogen-bond donors (Lipinski definition) is 2. The first kappa shape index (κ1) is 13.9. The van der Waals surface area contributed by atoms with E-state index in [1.165, 1.54) is 0 Å². The molecule has 3 N–H and O–H groups in total. The predicted molar refractivity (Wildman–Crippen MR) is 57.9 cm³/mol. The van der Waals surface area contributed by atoms with Crippen molar-refractivity contribution in [1.82, 2.24) is 0 Å². The van der Waals surface area contributed by atoms with Crippen LogP contribution >= 0.6 is 0 Å². The van der Waals surface area contributed by atoms with E-state index >= 15 is 0 Å². The summed E-state index contributed by atoms with van der Waals surface area (Å²) >= 11 is 0. The molecule has 5 heteroatoms. The molecule has 0 aliphatic heterocycles. The maximum absolute atomic E-state index is 11.4. The van der Waals surface area contributed by atoms with Gasteiger partial charge in [0.2, 0.25) is 0 Å². The van der Waals surface area contributed by atoms with Gasteiger partial charge in [-0.25, -0.2) is 8.42 Å². The molecule has 0 bridgehead atoms. The van der Waals surface area contributed by atoms with E-state index in [-0.39, 0.29) is 18.1 Å². The molecule has 0 spiro atoms. The first-order valence-electron chi connectivity index (χ1n) is 5.14. The SMILES string of the molecule is NCCCCCS(=O)(=O)CCCCO. The molecular formula is C9H21NO3S. The molecule has 0 saturated heterocycles. The highest BCUT2D eigenvalue weighted by molar-refractivity contribution is 7.91. The van der Waals surface area contributed by atoms with E-state index in [9.17, 15) is 8.42 Å². The standard InChI is InChI=1S/C9H21NO3S/c10-6-2-1-4-8-14(12,13)9-5-3-7-11/h11H,1-10H2. The summed E-state index contributed by atoms with van der Waals surface area (Å²) in [4.78, 5) is 0. The molecule has 0 fully saturated rings. The van der Waals surface area contributed by atoms with E-state index in [0.29, 0.717) is 25.8 Å². The van der Waals surface area contributed by atoms with Gasteiger partial charge in [0.1, 0.15) is 9.84 Å². The molecule has 14 heavy (non-hydrogen) atoms. The molecule has 0 amide bonds. The summed E-state index contributed by atoms with van der Waals surface area (Å²) in [7, 11) is -2.89. The number of aliphatic hydroxyl groups is 1. The van der Waals surface area contributed by atoms with Gasteiger partial charge < -0.3 is 10.8 Å². The molecule has 0 aliphatic rings. The first-order chi connectivity index (χ1) is 6.62. The monoisotopic (exact) mass is 223 g/mol. The number of rotatable bonds is 9. The molecule has 0 saturated carbocycles. The first-order valence-corrected chi connectivity index (χ1v) is 6.96. The van der Waals surface area contributed by atoms with Crippen LogP contribution in [0, 0.1) is 0 Å². The van der Waals surface area contributed by atoms with Crippen LogP contribution in [0.3, 0.4) is 0 Å². The average Bonchev–Trinajstić information content (AvgIpc) is 2.13. The Morgan fingerprint density at radius 2 is 1.50 bits per heavy atom. The van der Waals surface area contributed by atoms with Gasteiger partial charge in [-0.3, -0.25) is 0 Å². The van der Waals surface area contributed by atoms with Gasteiger partial charge in [0.05, 0.1) is 11.5 Å². The normalized spacial score (nSPS) is 11.9. The summed E-state index contributed by atoms with van der Waals surface area (Å²) < 4.78 is 22.7. The zero-order valence-corrected chi connectivity index (χ0v) is 9.43. The highest BCUT2D eigenvalue weighted by atomic mass is 32.2. The van der Waals surface area contributed by atoms with Gasteiger partial charge in [-0.05, 0) is 32.2 Å². The van der Waals surface area contributed by atoms with Crippen molar-refractivity contribution in [2.45, 2.75) is 32.1 Å². The lowest BCUT2D eigenvalue weighted by molar-refractivity contribution is 0.287. The molecule has 0 unspecified atom stereocenters. The summed E-state index contributed by atoms with van der Waals surface area (Å²) in [5.74, 6) is 0.467. The van der Waals surface area contributed by atoms with Crippen LogP contribution in [0.1, 0.15) is 32.1 Å². The second-order valence-electron chi connectivity index (χ2n) is 3.43. The van der Waals surface area contributed by atoms with Gasteiger partial charge >= 0.3 is 0 Å². The minimum Gasteiger partial charge on any atom is -0.396 e. The predicted octanol–water partition coefficient (Wildman–Crippen LogP) is 0.303. The average molecular weight is 223 g/mol. The largest absolute Gasteiger partial charge is 0.396 e. The van der Waals surface area contributed by atoms with Crippen molar-refractivity contribution in [3.63, 3.8) is 0 Å². The fourth-order valence-electron chi connectivity index (χ4n) is 1.18. The molecule has 0 aliphatic carbocycles. The Kier molecular flexibility index (Phi) is 8.12. The van der Waals surface area contributed by atoms with Gasteiger partial charge in [-0.2, -0.15) is 0 Å². The summed E-state index contributed by atoms with van der Waals surface area (Å²) in [5, 5.41) is 8.50. The fourth-order valence-corrected chi connectivity index (χ4v) is 2.67. The van der Waals surface area contributed by atoms with Crippen molar-refractivity contribution in [2.75, 3.05) is 24.7 Å². The third-order valence-electron chi connectivity index (χ3n) is 2.02. The maximum Gasteiger partial charge on any atom is 0.150 e. The van der Waals surface area contributed by atoms with Crippen molar-refractivity contribution in [1.29, 1.82) is 0 Å². The Hall–Kier alpha value is -0.130. The fraction of sp³-hybridized carbons (Fsp3) is 1.00. The Balaban J connectivity index is 3.52. The lowest BCUT2D eigenvalue weighted by Gasteiger charge is -2.03. The summed E-state index contributed by atoms with van der Waals surface area (Å²) in [6, 6.07) is 0. The molecule has 0 radical (unpaired) electrons. The minimum absolute atomic E-state index is 0.0721. The van der Waals surface area contributed by atoms with E-state index in [1.54, 1.807) is 0 Å². The number of aliphatic hydroxyl groups excluding tert-OH is 1. The van der Waals surface area contributed by atoms with Crippen molar-refractivity contribution in [3.8, 4) is 0 Å². The van der Waals surface area contributed by atoms with Crippen LogP contribution < -0.4 is 5.73 Å². The molecular weight excluding hydrogens is 202 g/mol. The van der Waals surface area contributed by atoms with Gasteiger partial charge in [0.15, 0.2) is 0 Å². The lowest BCUT2D eigenvalue weighted by atomic mass is 10.2. The van der Waals surface area contributed by atoms with Crippen LogP contribution in [0.5, 0.6) is 0 Å². The van der Waals surface area contributed by atoms with Gasteiger partial charge in [-0.1, -0.05) is 6.42 Å². The van der Waals surface area contributed by atoms with Gasteiger partial charge in [0, 0.05) is 6.61 Å². The Labute approximate surface area is 86.4 Å². The topological polar surface area (TPSA) is 80.4 Å². The van der Waals surface area contributed by atoms with Crippen LogP contribution in [-0.2, 0) is 9.84 Å². The van der Waals surface area contributed by atoms with Crippen molar-refractivity contribution < 1.29 is 13.5 Å². The Bertz CT molecular complexity index is 214. The molecule has 0 aromatic rings. The van der Waals surface area contributed by atoms with Crippen LogP contribution in [-0.4, -0.2) is 38.2 Å². The maximum atomic E-state index is 11.4. The zero-order chi connectivity index (χ0) is 10.9. The summed E-state index contributed by atoms with van der Waals surface area (Å²) in [5.41, 5.74) is 5.30. The second-order valence-corrected chi connectivity index (χ2v) is 5.74. The van der Waals surface area contributed by atoms with E-state index in [1.807, 2.05) is 0 Å². The zero-order valence-electron chi connectivity index (χ0n) is 8.61. The smallest absolute Gasteiger partial charge is 0.150 e. The molecule has 86 valence electrons. The molecule has 0 rings (SSSR count). The highest BCUT2D eigenvalue weighted by Crippen LogP contribution is 2.02. The quantitative estimate of drug-likeness (QED) is 0.551. The van der Waals surface area contributed by atoms with Crippen LogP contribution in [0.15, 0.2) is 0 Å². The van der Waals surface area contributed by atoms with E-state index in [2.05, 4.69) is 0 Å². The Morgan fingerprint density at radius 3 is 2.00 bits per heavy atom. The van der Waals surface area contributed by atoms with E-state index in [0.717, 1.165) is 12.8 Å². The molecule has 0 atom stereocenters. The number of nitrogens with two attached hydrogens (primary N) is 1. The third-order valence-corrected chi connectivity index (χ3v) is 3.84. The molecule has 0 heterocycles. The van der Waals surface area contributed by atoms with Crippen molar-refractivity contribution >= 4 is 9.84 Å². The van der Waals surface area contributed by atoms with Crippen LogP contribution in [0.4, 0.5) is 0 Å². The van der Waals surface area contributed by atoms with Crippen LogP contribution in [0.25, 0.3) is 0 Å². The molecule has 0 aromatic heterocycles. The van der Waals surface area contributed by atoms with Crippen LogP contribution in [0.2, 0.25) is 0 Å². The van der Waals surface area contributed by atoms with Gasteiger partial charge in [0.25, 0.3) is 0 Å². The summed E-state index contributed by atoms with van der Waals surface area (Å²) in [6.07, 6.45) is 3.62. The molecule has 4 nitrogen and oxygen atoms in total. The minimum atomic E-state index is -2.89. The van der Waals surface area contributed by atoms with E-state index < -0.39 is 9.84 Å². The van der Waals surface area contributed by atoms with Gasteiger partial charge in [-0.15, -0.1) is 0 Å². The Morgan fingerprint density at radius 1 is 0.929 bits per heavy atom. The molecule has 0 aromatic carbocycles. The number of sulfone groups is 1.